The number of halogens is 1. The molecule has 1 amide bonds. The predicted octanol–water partition coefficient (Wildman–Crippen LogP) is 1.29. The van der Waals surface area contributed by atoms with Crippen LogP contribution in [-0.2, 0) is 19.3 Å². The Morgan fingerprint density at radius 2 is 2.19 bits per heavy atom. The minimum absolute atomic E-state index is 0.135. The summed E-state index contributed by atoms with van der Waals surface area (Å²) in [4.78, 5) is 26.3. The second kappa shape index (κ2) is 6.55. The van der Waals surface area contributed by atoms with Gasteiger partial charge in [0, 0.05) is 6.54 Å². The first kappa shape index (κ1) is 18.7. The third-order valence-corrected chi connectivity index (χ3v) is 6.53. The number of phenols is 1. The van der Waals surface area contributed by atoms with E-state index in [1.165, 1.54) is 18.2 Å². The summed E-state index contributed by atoms with van der Waals surface area (Å²) in [6.45, 7) is 4.13. The van der Waals surface area contributed by atoms with E-state index in [9.17, 15) is 23.3 Å². The number of amides is 1. The first-order chi connectivity index (χ1) is 12.1. The molecule has 0 radical (unpaired) electrons. The number of rotatable bonds is 5. The molecule has 2 heterocycles. The third kappa shape index (κ3) is 3.41. The second-order valence-electron chi connectivity index (χ2n) is 6.50. The van der Waals surface area contributed by atoms with Gasteiger partial charge in [0.1, 0.15) is 0 Å². The average molecular weight is 385 g/mol. The molecule has 2 aliphatic rings. The van der Waals surface area contributed by atoms with E-state index in [-0.39, 0.29) is 23.3 Å². The number of aromatic hydroxyl groups is 1. The summed E-state index contributed by atoms with van der Waals surface area (Å²) in [6, 6.07) is 3.89. The van der Waals surface area contributed by atoms with E-state index in [2.05, 4.69) is 0 Å². The number of phenolic OH excluding ortho intramolecular Hbond substituents is 1. The number of alkyl halides is 1. The average Bonchev–Trinajstić information content (AvgIpc) is 3.07. The number of carbonyl (C=O) groups excluding carboxylic acids is 2. The van der Waals surface area contributed by atoms with Crippen molar-refractivity contribution in [2.45, 2.75) is 31.3 Å². The monoisotopic (exact) mass is 385 g/mol. The van der Waals surface area contributed by atoms with Gasteiger partial charge in [-0.25, -0.2) is 8.60 Å². The molecular formula is C17H20FNO6S. The summed E-state index contributed by atoms with van der Waals surface area (Å²) in [7, 11) is -3.32. The zero-order chi connectivity index (χ0) is 19.1. The topological polar surface area (TPSA) is 93.1 Å². The van der Waals surface area contributed by atoms with Crippen molar-refractivity contribution in [1.29, 1.82) is 0 Å². The van der Waals surface area contributed by atoms with Crippen LogP contribution in [0.15, 0.2) is 18.2 Å². The maximum absolute atomic E-state index is 13.7. The van der Waals surface area contributed by atoms with Gasteiger partial charge in [-0.05, 0) is 26.0 Å². The Labute approximate surface area is 150 Å². The van der Waals surface area contributed by atoms with Crippen LogP contribution < -0.4 is 4.18 Å². The molecule has 0 aliphatic carbocycles. The van der Waals surface area contributed by atoms with Crippen LogP contribution in [0, 0.1) is 0 Å². The molecule has 1 aromatic carbocycles. The molecule has 9 heteroatoms. The fraction of sp³-hybridized carbons (Fsp3) is 0.471. The van der Waals surface area contributed by atoms with Crippen LogP contribution in [0.25, 0.3) is 0 Å². The van der Waals surface area contributed by atoms with Crippen LogP contribution in [0.5, 0.6) is 11.5 Å². The molecular weight excluding hydrogens is 365 g/mol. The van der Waals surface area contributed by atoms with Crippen molar-refractivity contribution >= 4 is 26.9 Å². The normalized spacial score (nSPS) is 30.4. The van der Waals surface area contributed by atoms with E-state index in [4.69, 9.17) is 8.92 Å². The number of benzene rings is 1. The molecule has 1 fully saturated rings. The van der Waals surface area contributed by atoms with E-state index in [0.29, 0.717) is 19.8 Å². The Morgan fingerprint density at radius 1 is 1.50 bits per heavy atom. The number of ether oxygens (including phenoxy) is 1. The molecule has 2 aliphatic heterocycles. The Balaban J connectivity index is 1.74. The first-order valence-corrected chi connectivity index (χ1v) is 9.70. The maximum Gasteiger partial charge on any atom is 0.236 e. The minimum atomic E-state index is -3.32. The van der Waals surface area contributed by atoms with E-state index in [0.717, 1.165) is 12.3 Å². The molecule has 0 spiro atoms. The molecule has 0 saturated carbocycles. The van der Waals surface area contributed by atoms with Gasteiger partial charge < -0.3 is 18.9 Å². The maximum atomic E-state index is 13.7. The van der Waals surface area contributed by atoms with Crippen LogP contribution in [0.3, 0.4) is 0 Å². The van der Waals surface area contributed by atoms with Gasteiger partial charge >= 0.3 is 0 Å². The van der Waals surface area contributed by atoms with Crippen LogP contribution in [0.4, 0.5) is 4.39 Å². The highest BCUT2D eigenvalue weighted by molar-refractivity contribution is 8.07. The van der Waals surface area contributed by atoms with Gasteiger partial charge in [0.15, 0.2) is 27.1 Å². The van der Waals surface area contributed by atoms with Gasteiger partial charge in [0.2, 0.25) is 10.9 Å². The van der Waals surface area contributed by atoms with E-state index in [1.807, 2.05) is 6.92 Å². The van der Waals surface area contributed by atoms with Gasteiger partial charge in [-0.15, -0.1) is 0 Å². The first-order valence-electron chi connectivity index (χ1n) is 8.15. The standard InChI is InChI=1S/C17H20FNO6S/c1-11-9-24-7-6-19(11)15(21)8-13(20)12-4-3-5-14(16(12)22)25-26(23)10-17(26,2)18/h3-5,10-11,22H,6-9H2,1-2H3. The number of hydrogen-bond donors (Lipinski definition) is 1. The smallest absolute Gasteiger partial charge is 0.236 e. The van der Waals surface area contributed by atoms with E-state index < -0.39 is 32.8 Å². The molecule has 7 nitrogen and oxygen atoms in total. The van der Waals surface area contributed by atoms with Gasteiger partial charge in [-0.2, -0.15) is 0 Å². The molecule has 3 unspecified atom stereocenters. The fourth-order valence-electron chi connectivity index (χ4n) is 2.74. The lowest BCUT2D eigenvalue weighted by molar-refractivity contribution is -0.138. The predicted molar refractivity (Wildman–Crippen MR) is 93.4 cm³/mol. The molecule has 1 saturated heterocycles. The highest BCUT2D eigenvalue weighted by Gasteiger charge is 2.51. The van der Waals surface area contributed by atoms with Crippen molar-refractivity contribution in [3.8, 4) is 11.5 Å². The zero-order valence-electron chi connectivity index (χ0n) is 14.4. The van der Waals surface area contributed by atoms with Gasteiger partial charge in [-0.3, -0.25) is 9.59 Å². The number of carbonyl (C=O) groups is 2. The van der Waals surface area contributed by atoms with E-state index >= 15 is 0 Å². The minimum Gasteiger partial charge on any atom is -0.504 e. The molecule has 1 N–H and O–H groups in total. The van der Waals surface area contributed by atoms with Crippen molar-refractivity contribution in [3.63, 3.8) is 0 Å². The zero-order valence-corrected chi connectivity index (χ0v) is 15.3. The quantitative estimate of drug-likeness (QED) is 0.466. The highest BCUT2D eigenvalue weighted by atomic mass is 32.2. The molecule has 0 bridgehead atoms. The summed E-state index contributed by atoms with van der Waals surface area (Å²) >= 11 is 0. The van der Waals surface area contributed by atoms with Crippen molar-refractivity contribution in [1.82, 2.24) is 4.90 Å². The number of ketones is 1. The lowest BCUT2D eigenvalue weighted by Gasteiger charge is -2.33. The van der Waals surface area contributed by atoms with Crippen molar-refractivity contribution in [2.75, 3.05) is 19.8 Å². The number of hydrogen-bond acceptors (Lipinski definition) is 6. The number of Topliss-reactive ketones (excluding diaryl/α,β-unsaturated/α-hetero) is 1. The lowest BCUT2D eigenvalue weighted by atomic mass is 10.1. The Hall–Kier alpha value is -2.13. The molecule has 0 aromatic heterocycles. The molecule has 1 aromatic rings. The van der Waals surface area contributed by atoms with Crippen LogP contribution in [0.1, 0.15) is 30.6 Å². The second-order valence-corrected chi connectivity index (χ2v) is 8.79. The van der Waals surface area contributed by atoms with Crippen LogP contribution in [-0.4, -0.2) is 62.1 Å². The van der Waals surface area contributed by atoms with E-state index in [1.54, 1.807) is 4.90 Å². The van der Waals surface area contributed by atoms with Crippen molar-refractivity contribution < 1.29 is 32.2 Å². The van der Waals surface area contributed by atoms with Crippen molar-refractivity contribution in [2.24, 2.45) is 0 Å². The summed E-state index contributed by atoms with van der Waals surface area (Å²) in [5.74, 6) is -1.78. The molecule has 3 rings (SSSR count). The SMILES string of the molecule is CC1COCCN1C(=O)CC(=O)c1cccc(OS2(=O)=CC2(C)F)c1O. The van der Waals surface area contributed by atoms with Crippen LogP contribution >= 0.6 is 0 Å². The molecule has 26 heavy (non-hydrogen) atoms. The summed E-state index contributed by atoms with van der Waals surface area (Å²) in [5, 5.41) is 9.08. The Kier molecular flexibility index (Phi) is 4.70. The van der Waals surface area contributed by atoms with Gasteiger partial charge in [0.05, 0.1) is 36.6 Å². The largest absolute Gasteiger partial charge is 0.504 e. The Bertz CT molecular complexity index is 874. The Morgan fingerprint density at radius 3 is 2.81 bits per heavy atom. The van der Waals surface area contributed by atoms with Gasteiger partial charge in [-0.1, -0.05) is 6.07 Å². The number of nitrogens with zero attached hydrogens (tertiary/aromatic N) is 1. The fourth-order valence-corrected chi connectivity index (χ4v) is 4.09. The summed E-state index contributed by atoms with van der Waals surface area (Å²) in [6.07, 6.45) is -0.427. The molecule has 3 atom stereocenters. The number of morpholine rings is 1. The summed E-state index contributed by atoms with van der Waals surface area (Å²) < 4.78 is 36.1. The van der Waals surface area contributed by atoms with Crippen LogP contribution in [0.2, 0.25) is 0 Å². The lowest BCUT2D eigenvalue weighted by Crippen LogP contribution is -2.47. The highest BCUT2D eigenvalue weighted by Crippen LogP contribution is 2.39. The van der Waals surface area contributed by atoms with Gasteiger partial charge in [0.25, 0.3) is 0 Å². The number of para-hydroxylation sites is 1. The molecule has 142 valence electrons. The summed E-state index contributed by atoms with van der Waals surface area (Å²) in [5.41, 5.74) is -0.138. The third-order valence-electron chi connectivity index (χ3n) is 4.38. The van der Waals surface area contributed by atoms with Crippen molar-refractivity contribution in [3.05, 3.63) is 23.8 Å².